The van der Waals surface area contributed by atoms with E-state index < -0.39 is 0 Å². The zero-order chi connectivity index (χ0) is 12.7. The summed E-state index contributed by atoms with van der Waals surface area (Å²) < 4.78 is 14.4. The standard InChI is InChI=1S/C14H15BrFNO/c15-13-5-4-9(16)6-14(13)17-10-2-1-3-11(17)8-12(18)7-10/h4-6,10-11H,1-3,7-8H2. The number of fused-ring (bicyclic) bond motifs is 2. The van der Waals surface area contributed by atoms with Gasteiger partial charge in [-0.15, -0.1) is 0 Å². The molecule has 2 bridgehead atoms. The molecule has 2 atom stereocenters. The summed E-state index contributed by atoms with van der Waals surface area (Å²) in [5, 5.41) is 0. The largest absolute Gasteiger partial charge is 0.364 e. The van der Waals surface area contributed by atoms with Crippen molar-refractivity contribution in [3.63, 3.8) is 0 Å². The third kappa shape index (κ3) is 2.07. The molecular weight excluding hydrogens is 297 g/mol. The molecule has 1 aromatic rings. The van der Waals surface area contributed by atoms with E-state index in [1.54, 1.807) is 12.1 Å². The van der Waals surface area contributed by atoms with Gasteiger partial charge in [-0.05, 0) is 53.4 Å². The highest BCUT2D eigenvalue weighted by molar-refractivity contribution is 9.10. The number of anilines is 1. The predicted molar refractivity (Wildman–Crippen MR) is 72.2 cm³/mol. The molecule has 2 unspecified atom stereocenters. The third-order valence-corrected chi connectivity index (χ3v) is 4.64. The highest BCUT2D eigenvalue weighted by Crippen LogP contribution is 2.39. The van der Waals surface area contributed by atoms with E-state index in [0.29, 0.717) is 18.6 Å². The SMILES string of the molecule is O=C1CC2CCCC(C1)N2c1cc(F)ccc1Br. The highest BCUT2D eigenvalue weighted by atomic mass is 79.9. The lowest BCUT2D eigenvalue weighted by atomic mass is 9.83. The van der Waals surface area contributed by atoms with Gasteiger partial charge in [-0.1, -0.05) is 0 Å². The molecule has 0 N–H and O–H groups in total. The summed E-state index contributed by atoms with van der Waals surface area (Å²) in [4.78, 5) is 14.0. The number of halogens is 2. The first kappa shape index (κ1) is 12.2. The molecule has 0 aromatic heterocycles. The first-order chi connectivity index (χ1) is 8.65. The Kier molecular flexibility index (Phi) is 3.14. The minimum atomic E-state index is -0.219. The summed E-state index contributed by atoms with van der Waals surface area (Å²) in [5.41, 5.74) is 0.900. The summed E-state index contributed by atoms with van der Waals surface area (Å²) >= 11 is 3.50. The van der Waals surface area contributed by atoms with Crippen LogP contribution in [0.15, 0.2) is 22.7 Å². The number of carbonyl (C=O) groups is 1. The summed E-state index contributed by atoms with van der Waals surface area (Å²) in [6.45, 7) is 0. The summed E-state index contributed by atoms with van der Waals surface area (Å²) in [6, 6.07) is 5.28. The molecule has 2 fully saturated rings. The van der Waals surface area contributed by atoms with E-state index in [1.165, 1.54) is 12.5 Å². The average molecular weight is 312 g/mol. The van der Waals surface area contributed by atoms with Crippen LogP contribution in [0.5, 0.6) is 0 Å². The second-order valence-corrected chi connectivity index (χ2v) is 6.04. The van der Waals surface area contributed by atoms with Gasteiger partial charge in [-0.25, -0.2) is 4.39 Å². The van der Waals surface area contributed by atoms with Gasteiger partial charge in [0.15, 0.2) is 0 Å². The fourth-order valence-electron chi connectivity index (χ4n) is 3.25. The Bertz CT molecular complexity index is 475. The molecule has 3 rings (SSSR count). The van der Waals surface area contributed by atoms with Crippen LogP contribution >= 0.6 is 15.9 Å². The van der Waals surface area contributed by atoms with Crippen molar-refractivity contribution in [2.24, 2.45) is 0 Å². The van der Waals surface area contributed by atoms with Gasteiger partial charge in [0, 0.05) is 29.4 Å². The molecule has 0 aliphatic carbocycles. The summed E-state index contributed by atoms with van der Waals surface area (Å²) in [5.74, 6) is 0.136. The molecule has 0 amide bonds. The molecule has 2 aliphatic heterocycles. The molecule has 0 saturated carbocycles. The van der Waals surface area contributed by atoms with Gasteiger partial charge in [-0.3, -0.25) is 4.79 Å². The number of Topliss-reactive ketones (excluding diaryl/α,β-unsaturated/α-hetero) is 1. The molecule has 0 spiro atoms. The van der Waals surface area contributed by atoms with Crippen molar-refractivity contribution in [1.82, 2.24) is 0 Å². The maximum atomic E-state index is 13.4. The third-order valence-electron chi connectivity index (χ3n) is 3.97. The lowest BCUT2D eigenvalue weighted by Gasteiger charge is -2.47. The highest BCUT2D eigenvalue weighted by Gasteiger charge is 2.38. The zero-order valence-corrected chi connectivity index (χ0v) is 11.6. The van der Waals surface area contributed by atoms with Crippen LogP contribution in [0.4, 0.5) is 10.1 Å². The molecule has 2 heterocycles. The quantitative estimate of drug-likeness (QED) is 0.788. The molecule has 2 saturated heterocycles. The van der Waals surface area contributed by atoms with E-state index in [0.717, 1.165) is 23.0 Å². The van der Waals surface area contributed by atoms with Gasteiger partial charge in [-0.2, -0.15) is 0 Å². The second-order valence-electron chi connectivity index (χ2n) is 5.19. The molecule has 0 radical (unpaired) electrons. The first-order valence-corrected chi connectivity index (χ1v) is 7.19. The van der Waals surface area contributed by atoms with Crippen LogP contribution in [0.1, 0.15) is 32.1 Å². The topological polar surface area (TPSA) is 20.3 Å². The van der Waals surface area contributed by atoms with Gasteiger partial charge in [0.2, 0.25) is 0 Å². The van der Waals surface area contributed by atoms with E-state index in [4.69, 9.17) is 0 Å². The minimum Gasteiger partial charge on any atom is -0.364 e. The lowest BCUT2D eigenvalue weighted by Crippen LogP contribution is -2.52. The number of hydrogen-bond acceptors (Lipinski definition) is 2. The Morgan fingerprint density at radius 3 is 2.56 bits per heavy atom. The van der Waals surface area contributed by atoms with Crippen molar-refractivity contribution >= 4 is 27.4 Å². The van der Waals surface area contributed by atoms with Crippen LogP contribution in [-0.4, -0.2) is 17.9 Å². The van der Waals surface area contributed by atoms with Crippen LogP contribution in [0.25, 0.3) is 0 Å². The normalized spacial score (nSPS) is 27.4. The van der Waals surface area contributed by atoms with E-state index in [2.05, 4.69) is 20.8 Å². The first-order valence-electron chi connectivity index (χ1n) is 6.40. The van der Waals surface area contributed by atoms with Crippen LogP contribution < -0.4 is 4.90 Å². The molecule has 96 valence electrons. The Hall–Kier alpha value is -0.900. The maximum absolute atomic E-state index is 13.4. The predicted octanol–water partition coefficient (Wildman–Crippen LogP) is 3.68. The monoisotopic (exact) mass is 311 g/mol. The fourth-order valence-corrected chi connectivity index (χ4v) is 3.70. The molecular formula is C14H15BrFNO. The molecule has 2 nitrogen and oxygen atoms in total. The van der Waals surface area contributed by atoms with Crippen LogP contribution in [0.3, 0.4) is 0 Å². The number of piperidine rings is 2. The lowest BCUT2D eigenvalue weighted by molar-refractivity contribution is -0.121. The van der Waals surface area contributed by atoms with Crippen molar-refractivity contribution in [3.8, 4) is 0 Å². The van der Waals surface area contributed by atoms with Crippen LogP contribution in [0, 0.1) is 5.82 Å². The Morgan fingerprint density at radius 1 is 1.22 bits per heavy atom. The Balaban J connectivity index is 2.00. The average Bonchev–Trinajstić information content (AvgIpc) is 2.31. The van der Waals surface area contributed by atoms with E-state index in [9.17, 15) is 9.18 Å². The minimum absolute atomic E-state index is 0.219. The van der Waals surface area contributed by atoms with Crippen molar-refractivity contribution in [3.05, 3.63) is 28.5 Å². The van der Waals surface area contributed by atoms with Crippen molar-refractivity contribution in [2.75, 3.05) is 4.90 Å². The van der Waals surface area contributed by atoms with E-state index >= 15 is 0 Å². The number of carbonyl (C=O) groups excluding carboxylic acids is 1. The van der Waals surface area contributed by atoms with Gasteiger partial charge in [0.05, 0.1) is 5.69 Å². The number of ketones is 1. The number of benzene rings is 1. The van der Waals surface area contributed by atoms with Crippen LogP contribution in [-0.2, 0) is 4.79 Å². The van der Waals surface area contributed by atoms with Gasteiger partial charge in [0.1, 0.15) is 11.6 Å². The van der Waals surface area contributed by atoms with Gasteiger partial charge < -0.3 is 4.90 Å². The molecule has 2 aliphatic rings. The van der Waals surface area contributed by atoms with E-state index in [1.807, 2.05) is 0 Å². The number of hydrogen-bond donors (Lipinski definition) is 0. The molecule has 1 aromatic carbocycles. The van der Waals surface area contributed by atoms with Crippen molar-refractivity contribution in [2.45, 2.75) is 44.2 Å². The van der Waals surface area contributed by atoms with Crippen molar-refractivity contribution < 1.29 is 9.18 Å². The number of nitrogens with zero attached hydrogens (tertiary/aromatic N) is 1. The van der Waals surface area contributed by atoms with Crippen molar-refractivity contribution in [1.29, 1.82) is 0 Å². The fraction of sp³-hybridized carbons (Fsp3) is 0.500. The Morgan fingerprint density at radius 2 is 1.89 bits per heavy atom. The zero-order valence-electron chi connectivity index (χ0n) is 10.0. The smallest absolute Gasteiger partial charge is 0.137 e. The van der Waals surface area contributed by atoms with Crippen LogP contribution in [0.2, 0.25) is 0 Å². The maximum Gasteiger partial charge on any atom is 0.137 e. The van der Waals surface area contributed by atoms with Gasteiger partial charge in [0.25, 0.3) is 0 Å². The van der Waals surface area contributed by atoms with Gasteiger partial charge >= 0.3 is 0 Å². The Labute approximate surface area is 114 Å². The molecule has 4 heteroatoms. The van der Waals surface area contributed by atoms with E-state index in [-0.39, 0.29) is 17.9 Å². The summed E-state index contributed by atoms with van der Waals surface area (Å²) in [7, 11) is 0. The summed E-state index contributed by atoms with van der Waals surface area (Å²) in [6.07, 6.45) is 4.46. The number of rotatable bonds is 1. The second kappa shape index (κ2) is 4.65. The molecule has 18 heavy (non-hydrogen) atoms.